The second-order valence-corrected chi connectivity index (χ2v) is 6.80. The fraction of sp³-hybridized carbons (Fsp3) is 0.833. The number of esters is 1. The molecule has 0 aromatic heterocycles. The molecule has 1 aliphatic carbocycles. The summed E-state index contributed by atoms with van der Waals surface area (Å²) in [6.07, 6.45) is 6.54. The van der Waals surface area contributed by atoms with Gasteiger partial charge in [0.15, 0.2) is 5.96 Å². The highest BCUT2D eigenvalue weighted by atomic mass is 16.5. The maximum atomic E-state index is 12.5. The molecule has 0 aromatic carbocycles. The minimum atomic E-state index is -0.163. The molecule has 2 fully saturated rings. The number of aliphatic imine (C=N–C) groups is 1. The van der Waals surface area contributed by atoms with Gasteiger partial charge in [0, 0.05) is 45.1 Å². The lowest BCUT2D eigenvalue weighted by Gasteiger charge is -2.21. The lowest BCUT2D eigenvalue weighted by molar-refractivity contribution is -0.143. The van der Waals surface area contributed by atoms with Crippen molar-refractivity contribution >= 4 is 17.8 Å². The standard InChI is InChI=1S/C18H32N4O3/c1-3-25-16(23)9-6-11-20-18(19-2)21-15-10-12-22(13-15)17(24)14-7-4-5-8-14/h14-15H,3-13H2,1-2H3,(H2,19,20,21). The first-order valence-corrected chi connectivity index (χ1v) is 9.55. The Morgan fingerprint density at radius 3 is 2.68 bits per heavy atom. The Kier molecular flexibility index (Phi) is 8.01. The number of nitrogens with one attached hydrogen (secondary N) is 2. The quantitative estimate of drug-likeness (QED) is 0.312. The summed E-state index contributed by atoms with van der Waals surface area (Å²) in [4.78, 5) is 30.0. The minimum Gasteiger partial charge on any atom is -0.466 e. The molecule has 2 rings (SSSR count). The van der Waals surface area contributed by atoms with Crippen LogP contribution in [0, 0.1) is 5.92 Å². The summed E-state index contributed by atoms with van der Waals surface area (Å²) in [6, 6.07) is 0.238. The van der Waals surface area contributed by atoms with Crippen molar-refractivity contribution in [2.24, 2.45) is 10.9 Å². The minimum absolute atomic E-state index is 0.163. The van der Waals surface area contributed by atoms with E-state index in [0.717, 1.165) is 38.3 Å². The zero-order chi connectivity index (χ0) is 18.1. The van der Waals surface area contributed by atoms with Gasteiger partial charge in [-0.3, -0.25) is 14.6 Å². The summed E-state index contributed by atoms with van der Waals surface area (Å²) in [5.74, 6) is 1.14. The van der Waals surface area contributed by atoms with E-state index >= 15 is 0 Å². The van der Waals surface area contributed by atoms with Crippen LogP contribution in [0.15, 0.2) is 4.99 Å². The Balaban J connectivity index is 1.66. The third-order valence-corrected chi connectivity index (χ3v) is 4.92. The Hall–Kier alpha value is -1.79. The zero-order valence-electron chi connectivity index (χ0n) is 15.6. The van der Waals surface area contributed by atoms with Gasteiger partial charge in [-0.25, -0.2) is 0 Å². The predicted molar refractivity (Wildman–Crippen MR) is 97.3 cm³/mol. The lowest BCUT2D eigenvalue weighted by Crippen LogP contribution is -2.45. The van der Waals surface area contributed by atoms with Crippen molar-refractivity contribution in [1.29, 1.82) is 0 Å². The molecule has 1 atom stereocenters. The van der Waals surface area contributed by atoms with Crippen LogP contribution in [0.1, 0.15) is 51.9 Å². The van der Waals surface area contributed by atoms with E-state index in [-0.39, 0.29) is 17.9 Å². The Morgan fingerprint density at radius 1 is 1.24 bits per heavy atom. The van der Waals surface area contributed by atoms with Gasteiger partial charge < -0.3 is 20.3 Å². The number of rotatable bonds is 7. The lowest BCUT2D eigenvalue weighted by atomic mass is 10.1. The molecule has 1 heterocycles. The van der Waals surface area contributed by atoms with Gasteiger partial charge >= 0.3 is 5.97 Å². The molecule has 1 unspecified atom stereocenters. The van der Waals surface area contributed by atoms with Crippen LogP contribution in [0.3, 0.4) is 0 Å². The molecule has 0 spiro atoms. The number of amides is 1. The average Bonchev–Trinajstić information content (AvgIpc) is 3.29. The monoisotopic (exact) mass is 352 g/mol. The molecule has 7 heteroatoms. The van der Waals surface area contributed by atoms with Crippen molar-refractivity contribution in [3.63, 3.8) is 0 Å². The van der Waals surface area contributed by atoms with E-state index in [9.17, 15) is 9.59 Å². The summed E-state index contributed by atoms with van der Waals surface area (Å²) in [5.41, 5.74) is 0. The summed E-state index contributed by atoms with van der Waals surface area (Å²) >= 11 is 0. The topological polar surface area (TPSA) is 83.0 Å². The van der Waals surface area contributed by atoms with Crippen LogP contribution in [0.25, 0.3) is 0 Å². The van der Waals surface area contributed by atoms with E-state index in [0.29, 0.717) is 31.9 Å². The first-order valence-electron chi connectivity index (χ1n) is 9.55. The molecule has 2 aliphatic rings. The number of hydrogen-bond donors (Lipinski definition) is 2. The zero-order valence-corrected chi connectivity index (χ0v) is 15.6. The normalized spacial score (nSPS) is 21.4. The fourth-order valence-electron chi connectivity index (χ4n) is 3.57. The third-order valence-electron chi connectivity index (χ3n) is 4.92. The Labute approximate surface area is 150 Å². The molecule has 1 amide bonds. The fourth-order valence-corrected chi connectivity index (χ4v) is 3.57. The molecule has 1 aliphatic heterocycles. The van der Waals surface area contributed by atoms with Gasteiger partial charge in [0.1, 0.15) is 0 Å². The summed E-state index contributed by atoms with van der Waals surface area (Å²) in [7, 11) is 1.73. The number of ether oxygens (including phenoxy) is 1. The van der Waals surface area contributed by atoms with Gasteiger partial charge in [-0.15, -0.1) is 0 Å². The summed E-state index contributed by atoms with van der Waals surface area (Å²) < 4.78 is 4.91. The molecule has 0 bridgehead atoms. The van der Waals surface area contributed by atoms with Crippen LogP contribution in [-0.2, 0) is 14.3 Å². The van der Waals surface area contributed by atoms with Crippen LogP contribution in [0.5, 0.6) is 0 Å². The number of likely N-dealkylation sites (tertiary alicyclic amines) is 1. The van der Waals surface area contributed by atoms with Gasteiger partial charge in [0.2, 0.25) is 5.91 Å². The van der Waals surface area contributed by atoms with Crippen molar-refractivity contribution in [2.75, 3.05) is 33.3 Å². The predicted octanol–water partition coefficient (Wildman–Crippen LogP) is 1.29. The molecule has 142 valence electrons. The number of hydrogen-bond acceptors (Lipinski definition) is 4. The first kappa shape index (κ1) is 19.5. The van der Waals surface area contributed by atoms with Crippen LogP contribution < -0.4 is 10.6 Å². The molecular formula is C18H32N4O3. The van der Waals surface area contributed by atoms with Gasteiger partial charge in [0.25, 0.3) is 0 Å². The number of guanidine groups is 1. The van der Waals surface area contributed by atoms with E-state index in [2.05, 4.69) is 15.6 Å². The van der Waals surface area contributed by atoms with Gasteiger partial charge in [-0.05, 0) is 32.6 Å². The van der Waals surface area contributed by atoms with Crippen LogP contribution in [0.4, 0.5) is 0 Å². The van der Waals surface area contributed by atoms with Crippen molar-refractivity contribution in [2.45, 2.75) is 57.9 Å². The van der Waals surface area contributed by atoms with E-state index in [1.54, 1.807) is 7.05 Å². The van der Waals surface area contributed by atoms with Crippen molar-refractivity contribution < 1.29 is 14.3 Å². The second kappa shape index (κ2) is 10.3. The maximum Gasteiger partial charge on any atom is 0.305 e. The molecule has 25 heavy (non-hydrogen) atoms. The van der Waals surface area contributed by atoms with E-state index < -0.39 is 0 Å². The number of carbonyl (C=O) groups excluding carboxylic acids is 2. The number of nitrogens with zero attached hydrogens (tertiary/aromatic N) is 2. The van der Waals surface area contributed by atoms with Gasteiger partial charge in [0.05, 0.1) is 6.61 Å². The second-order valence-electron chi connectivity index (χ2n) is 6.80. The van der Waals surface area contributed by atoms with E-state index in [1.807, 2.05) is 11.8 Å². The van der Waals surface area contributed by atoms with Crippen molar-refractivity contribution in [1.82, 2.24) is 15.5 Å². The Bertz CT molecular complexity index is 475. The highest BCUT2D eigenvalue weighted by Crippen LogP contribution is 2.27. The highest BCUT2D eigenvalue weighted by Gasteiger charge is 2.32. The van der Waals surface area contributed by atoms with Crippen molar-refractivity contribution in [3.8, 4) is 0 Å². The molecule has 7 nitrogen and oxygen atoms in total. The van der Waals surface area contributed by atoms with E-state index in [1.165, 1.54) is 12.8 Å². The summed E-state index contributed by atoms with van der Waals surface area (Å²) in [5, 5.41) is 6.60. The molecule has 1 saturated carbocycles. The Morgan fingerprint density at radius 2 is 2.00 bits per heavy atom. The van der Waals surface area contributed by atoms with Crippen LogP contribution >= 0.6 is 0 Å². The van der Waals surface area contributed by atoms with Gasteiger partial charge in [-0.1, -0.05) is 12.8 Å². The molecule has 2 N–H and O–H groups in total. The smallest absolute Gasteiger partial charge is 0.305 e. The first-order chi connectivity index (χ1) is 12.1. The molecule has 0 aromatic rings. The summed E-state index contributed by atoms with van der Waals surface area (Å²) in [6.45, 7) is 4.47. The largest absolute Gasteiger partial charge is 0.466 e. The van der Waals surface area contributed by atoms with Crippen LogP contribution in [0.2, 0.25) is 0 Å². The van der Waals surface area contributed by atoms with E-state index in [4.69, 9.17) is 4.74 Å². The number of carbonyl (C=O) groups is 2. The SMILES string of the molecule is CCOC(=O)CCCNC(=NC)NC1CCN(C(=O)C2CCCC2)C1. The van der Waals surface area contributed by atoms with Crippen molar-refractivity contribution in [3.05, 3.63) is 0 Å². The average molecular weight is 352 g/mol. The maximum absolute atomic E-state index is 12.5. The molecule has 0 radical (unpaired) electrons. The molecule has 1 saturated heterocycles. The van der Waals surface area contributed by atoms with Gasteiger partial charge in [-0.2, -0.15) is 0 Å². The third kappa shape index (κ3) is 6.21. The van der Waals surface area contributed by atoms with Crippen LogP contribution in [-0.4, -0.2) is 62.1 Å². The highest BCUT2D eigenvalue weighted by molar-refractivity contribution is 5.81. The molecular weight excluding hydrogens is 320 g/mol.